The molecule has 26 heavy (non-hydrogen) atoms. The first kappa shape index (κ1) is 20.6. The molecule has 2 N–H and O–H groups in total. The number of carbonyl (C=O) groups excluding carboxylic acids is 1. The Labute approximate surface area is 160 Å². The largest absolute Gasteiger partial charge is 0.326 e. The van der Waals surface area contributed by atoms with Gasteiger partial charge in [0.2, 0.25) is 15.9 Å². The van der Waals surface area contributed by atoms with Crippen molar-refractivity contribution in [2.45, 2.75) is 18.2 Å². The maximum atomic E-state index is 13.1. The van der Waals surface area contributed by atoms with Gasteiger partial charge in [0.25, 0.3) is 0 Å². The average Bonchev–Trinajstić information content (AvgIpc) is 3.04. The van der Waals surface area contributed by atoms with E-state index in [1.54, 1.807) is 22.5 Å². The van der Waals surface area contributed by atoms with Gasteiger partial charge >= 0.3 is 0 Å². The van der Waals surface area contributed by atoms with Crippen molar-refractivity contribution >= 4 is 44.8 Å². The first-order valence-electron chi connectivity index (χ1n) is 8.37. The minimum absolute atomic E-state index is 0. The summed E-state index contributed by atoms with van der Waals surface area (Å²) in [6.45, 7) is 3.32. The van der Waals surface area contributed by atoms with Gasteiger partial charge in [-0.1, -0.05) is 24.3 Å². The maximum Gasteiger partial charge on any atom is 0.243 e. The van der Waals surface area contributed by atoms with Crippen molar-refractivity contribution in [1.29, 1.82) is 0 Å². The summed E-state index contributed by atoms with van der Waals surface area (Å²) < 4.78 is 27.9. The smallest absolute Gasteiger partial charge is 0.243 e. The van der Waals surface area contributed by atoms with Crippen LogP contribution in [0.3, 0.4) is 0 Å². The average molecular weight is 398 g/mol. The molecule has 6 nitrogen and oxygen atoms in total. The highest BCUT2D eigenvalue weighted by molar-refractivity contribution is 7.89. The van der Waals surface area contributed by atoms with E-state index in [1.165, 1.54) is 6.92 Å². The molecule has 1 atom stereocenters. The van der Waals surface area contributed by atoms with E-state index in [1.807, 2.05) is 25.2 Å². The van der Waals surface area contributed by atoms with Crippen LogP contribution < -0.4 is 10.6 Å². The van der Waals surface area contributed by atoms with E-state index < -0.39 is 10.0 Å². The van der Waals surface area contributed by atoms with Crippen LogP contribution in [0.15, 0.2) is 41.3 Å². The molecular weight excluding hydrogens is 374 g/mol. The summed E-state index contributed by atoms with van der Waals surface area (Å²) in [6, 6.07) is 10.5. The Kier molecular flexibility index (Phi) is 6.63. The van der Waals surface area contributed by atoms with Crippen molar-refractivity contribution in [3.63, 3.8) is 0 Å². The third-order valence-corrected chi connectivity index (χ3v) is 6.48. The lowest BCUT2D eigenvalue weighted by Gasteiger charge is -2.19. The number of hydrogen-bond acceptors (Lipinski definition) is 4. The summed E-state index contributed by atoms with van der Waals surface area (Å²) in [5.74, 6) is 0.153. The molecule has 1 aliphatic rings. The molecule has 2 aromatic rings. The van der Waals surface area contributed by atoms with E-state index in [4.69, 9.17) is 0 Å². The SMILES string of the molecule is CNCC1CCN(S(=O)(=O)c2ccc(NC(C)=O)c3ccccc23)C1.Cl. The maximum absolute atomic E-state index is 13.1. The molecule has 142 valence electrons. The molecule has 2 aromatic carbocycles. The van der Waals surface area contributed by atoms with E-state index in [-0.39, 0.29) is 18.3 Å². The van der Waals surface area contributed by atoms with Crippen molar-refractivity contribution < 1.29 is 13.2 Å². The highest BCUT2D eigenvalue weighted by Crippen LogP contribution is 2.33. The van der Waals surface area contributed by atoms with E-state index in [0.717, 1.165) is 18.4 Å². The Hall–Kier alpha value is -1.67. The van der Waals surface area contributed by atoms with Gasteiger partial charge in [-0.25, -0.2) is 8.42 Å². The van der Waals surface area contributed by atoms with Crippen LogP contribution >= 0.6 is 12.4 Å². The molecule has 0 spiro atoms. The quantitative estimate of drug-likeness (QED) is 0.812. The second-order valence-corrected chi connectivity index (χ2v) is 8.32. The van der Waals surface area contributed by atoms with Crippen LogP contribution in [0.5, 0.6) is 0 Å². The van der Waals surface area contributed by atoms with E-state index in [2.05, 4.69) is 10.6 Å². The third-order valence-electron chi connectivity index (χ3n) is 4.55. The van der Waals surface area contributed by atoms with Crippen molar-refractivity contribution in [1.82, 2.24) is 9.62 Å². The molecule has 0 radical (unpaired) electrons. The Bertz CT molecular complexity index is 902. The number of carbonyl (C=O) groups is 1. The molecule has 8 heteroatoms. The number of halogens is 1. The summed E-state index contributed by atoms with van der Waals surface area (Å²) in [5.41, 5.74) is 0.622. The summed E-state index contributed by atoms with van der Waals surface area (Å²) in [5, 5.41) is 7.24. The zero-order chi connectivity index (χ0) is 18.0. The Morgan fingerprint density at radius 2 is 1.88 bits per heavy atom. The van der Waals surface area contributed by atoms with Gasteiger partial charge in [-0.2, -0.15) is 4.31 Å². The molecule has 1 unspecified atom stereocenters. The fraction of sp³-hybridized carbons (Fsp3) is 0.389. The number of sulfonamides is 1. The number of anilines is 1. The lowest BCUT2D eigenvalue weighted by molar-refractivity contribution is -0.114. The normalized spacial score (nSPS) is 17.8. The Morgan fingerprint density at radius 1 is 1.19 bits per heavy atom. The first-order chi connectivity index (χ1) is 11.9. The zero-order valence-corrected chi connectivity index (χ0v) is 16.5. The van der Waals surface area contributed by atoms with Crippen LogP contribution in [0.1, 0.15) is 13.3 Å². The Morgan fingerprint density at radius 3 is 2.54 bits per heavy atom. The number of hydrogen-bond donors (Lipinski definition) is 2. The first-order valence-corrected chi connectivity index (χ1v) is 9.81. The van der Waals surface area contributed by atoms with Crippen molar-refractivity contribution in [3.8, 4) is 0 Å². The van der Waals surface area contributed by atoms with Crippen LogP contribution in [0.4, 0.5) is 5.69 Å². The van der Waals surface area contributed by atoms with E-state index in [0.29, 0.717) is 35.0 Å². The van der Waals surface area contributed by atoms with E-state index >= 15 is 0 Å². The van der Waals surface area contributed by atoms with Gasteiger partial charge in [-0.15, -0.1) is 12.4 Å². The summed E-state index contributed by atoms with van der Waals surface area (Å²) in [6.07, 6.45) is 0.863. The number of amides is 1. The van der Waals surface area contributed by atoms with Crippen LogP contribution in [0, 0.1) is 5.92 Å². The van der Waals surface area contributed by atoms with Gasteiger partial charge in [0.1, 0.15) is 0 Å². The molecule has 1 fully saturated rings. The number of fused-ring (bicyclic) bond motifs is 1. The molecule has 0 bridgehead atoms. The van der Waals surface area contributed by atoms with Crippen LogP contribution in [0.2, 0.25) is 0 Å². The van der Waals surface area contributed by atoms with Crippen LogP contribution in [0.25, 0.3) is 10.8 Å². The van der Waals surface area contributed by atoms with Gasteiger partial charge in [-0.3, -0.25) is 4.79 Å². The fourth-order valence-corrected chi connectivity index (χ4v) is 5.13. The molecule has 1 heterocycles. The molecule has 1 amide bonds. The summed E-state index contributed by atoms with van der Waals surface area (Å²) >= 11 is 0. The highest BCUT2D eigenvalue weighted by Gasteiger charge is 2.33. The number of nitrogens with zero attached hydrogens (tertiary/aromatic N) is 1. The number of rotatable bonds is 5. The molecule has 1 saturated heterocycles. The van der Waals surface area contributed by atoms with Crippen LogP contribution in [-0.2, 0) is 14.8 Å². The zero-order valence-electron chi connectivity index (χ0n) is 14.9. The second-order valence-electron chi connectivity index (χ2n) is 6.41. The molecule has 3 rings (SSSR count). The lowest BCUT2D eigenvalue weighted by atomic mass is 10.1. The molecule has 0 aliphatic carbocycles. The third kappa shape index (κ3) is 4.01. The van der Waals surface area contributed by atoms with Crippen molar-refractivity contribution in [2.75, 3.05) is 32.0 Å². The van der Waals surface area contributed by atoms with E-state index in [9.17, 15) is 13.2 Å². The summed E-state index contributed by atoms with van der Waals surface area (Å²) in [7, 11) is -1.69. The number of benzene rings is 2. The fourth-order valence-electron chi connectivity index (χ4n) is 3.40. The molecule has 1 aliphatic heterocycles. The predicted octanol–water partition coefficient (Wildman–Crippen LogP) is 2.45. The standard InChI is InChI=1S/C18H23N3O3S.ClH/c1-13(22)20-17-7-8-18(16-6-4-3-5-15(16)17)25(23,24)21-10-9-14(12-21)11-19-2;/h3-8,14,19H,9-12H2,1-2H3,(H,20,22);1H. The minimum Gasteiger partial charge on any atom is -0.326 e. The van der Waals surface area contributed by atoms with Gasteiger partial charge in [0.15, 0.2) is 0 Å². The number of nitrogens with one attached hydrogen (secondary N) is 2. The van der Waals surface area contributed by atoms with Crippen LogP contribution in [-0.4, -0.2) is 45.3 Å². The molecule has 0 saturated carbocycles. The second kappa shape index (κ2) is 8.35. The van der Waals surface area contributed by atoms with Crippen molar-refractivity contribution in [3.05, 3.63) is 36.4 Å². The summed E-state index contributed by atoms with van der Waals surface area (Å²) in [4.78, 5) is 11.7. The minimum atomic E-state index is -3.57. The topological polar surface area (TPSA) is 78.5 Å². The highest BCUT2D eigenvalue weighted by atomic mass is 35.5. The van der Waals surface area contributed by atoms with Gasteiger partial charge in [0.05, 0.1) is 4.90 Å². The van der Waals surface area contributed by atoms with Crippen molar-refractivity contribution in [2.24, 2.45) is 5.92 Å². The van der Waals surface area contributed by atoms with Gasteiger partial charge in [-0.05, 0) is 38.1 Å². The Balaban J connectivity index is 0.00000243. The molecular formula is C18H24ClN3O3S. The predicted molar refractivity (Wildman–Crippen MR) is 106 cm³/mol. The molecule has 0 aromatic heterocycles. The monoisotopic (exact) mass is 397 g/mol. The van der Waals surface area contributed by atoms with Gasteiger partial charge < -0.3 is 10.6 Å². The van der Waals surface area contributed by atoms with Gasteiger partial charge in [0, 0.05) is 36.5 Å². The lowest BCUT2D eigenvalue weighted by Crippen LogP contribution is -2.30.